The molecular formula is C29H37N3O4S3. The summed E-state index contributed by atoms with van der Waals surface area (Å²) in [5.41, 5.74) is 2.30. The second-order valence-electron chi connectivity index (χ2n) is 9.44. The van der Waals surface area contributed by atoms with Gasteiger partial charge in [-0.05, 0) is 48.7 Å². The van der Waals surface area contributed by atoms with Crippen LogP contribution >= 0.6 is 24.0 Å². The van der Waals surface area contributed by atoms with Gasteiger partial charge in [0.2, 0.25) is 10.0 Å². The van der Waals surface area contributed by atoms with Gasteiger partial charge in [-0.2, -0.15) is 0 Å². The van der Waals surface area contributed by atoms with Crippen LogP contribution in [0.4, 0.5) is 5.69 Å². The second-order valence-corrected chi connectivity index (χ2v) is 13.0. The van der Waals surface area contributed by atoms with Crippen molar-refractivity contribution in [2.75, 3.05) is 30.3 Å². The molecule has 2 amide bonds. The summed E-state index contributed by atoms with van der Waals surface area (Å²) in [7, 11) is -3.96. The summed E-state index contributed by atoms with van der Waals surface area (Å²) in [6.45, 7) is 6.35. The summed E-state index contributed by atoms with van der Waals surface area (Å²) >= 11 is 6.51. The Morgan fingerprint density at radius 1 is 0.974 bits per heavy atom. The van der Waals surface area contributed by atoms with Crippen LogP contribution in [0.5, 0.6) is 0 Å². The molecule has 0 radical (unpaired) electrons. The molecule has 210 valence electrons. The van der Waals surface area contributed by atoms with Crippen LogP contribution in [-0.4, -0.2) is 54.8 Å². The van der Waals surface area contributed by atoms with E-state index in [-0.39, 0.29) is 18.0 Å². The van der Waals surface area contributed by atoms with Crippen molar-refractivity contribution in [3.05, 3.63) is 70.6 Å². The molecule has 1 saturated heterocycles. The first-order chi connectivity index (χ1) is 18.7. The minimum atomic E-state index is -3.96. The van der Waals surface area contributed by atoms with Crippen molar-refractivity contribution in [1.29, 1.82) is 0 Å². The number of unbranched alkanes of at least 4 members (excludes halogenated alkanes) is 4. The highest BCUT2D eigenvalue weighted by Gasteiger charge is 2.33. The molecule has 0 saturated carbocycles. The predicted octanol–water partition coefficient (Wildman–Crippen LogP) is 5.83. The molecule has 0 spiro atoms. The van der Waals surface area contributed by atoms with Gasteiger partial charge in [-0.15, -0.1) is 0 Å². The van der Waals surface area contributed by atoms with Crippen LogP contribution < -0.4 is 9.62 Å². The van der Waals surface area contributed by atoms with E-state index in [1.54, 1.807) is 24.3 Å². The van der Waals surface area contributed by atoms with E-state index in [0.717, 1.165) is 30.4 Å². The van der Waals surface area contributed by atoms with E-state index in [1.807, 2.05) is 12.1 Å². The van der Waals surface area contributed by atoms with Gasteiger partial charge in [0.15, 0.2) is 0 Å². The van der Waals surface area contributed by atoms with E-state index in [0.29, 0.717) is 9.23 Å². The maximum atomic E-state index is 13.0. The van der Waals surface area contributed by atoms with Gasteiger partial charge in [-0.25, -0.2) is 13.1 Å². The second kappa shape index (κ2) is 15.2. The van der Waals surface area contributed by atoms with Gasteiger partial charge >= 0.3 is 0 Å². The number of nitrogens with one attached hydrogen (secondary N) is 1. The van der Waals surface area contributed by atoms with E-state index in [1.165, 1.54) is 61.2 Å². The summed E-state index contributed by atoms with van der Waals surface area (Å²) in [6, 6.07) is 16.3. The van der Waals surface area contributed by atoms with Crippen LogP contribution in [0.15, 0.2) is 59.5 Å². The molecule has 1 heterocycles. The van der Waals surface area contributed by atoms with Gasteiger partial charge in [0.1, 0.15) is 4.32 Å². The highest BCUT2D eigenvalue weighted by atomic mass is 32.2. The Hall–Kier alpha value is -2.69. The lowest BCUT2D eigenvalue weighted by Gasteiger charge is -2.25. The quantitative estimate of drug-likeness (QED) is 0.159. The number of thiocarbonyl (C=S) groups is 1. The monoisotopic (exact) mass is 587 g/mol. The average Bonchev–Trinajstić information content (AvgIpc) is 3.19. The lowest BCUT2D eigenvalue weighted by Crippen LogP contribution is -2.39. The Balaban J connectivity index is 1.61. The molecule has 0 aliphatic carbocycles. The third kappa shape index (κ3) is 9.47. The fourth-order valence-corrected chi connectivity index (χ4v) is 6.39. The van der Waals surface area contributed by atoms with Gasteiger partial charge in [-0.1, -0.05) is 93.8 Å². The van der Waals surface area contributed by atoms with Crippen molar-refractivity contribution in [2.45, 2.75) is 52.4 Å². The number of benzene rings is 2. The third-order valence-corrected chi connectivity index (χ3v) is 8.95. The van der Waals surface area contributed by atoms with E-state index in [4.69, 9.17) is 12.2 Å². The molecule has 7 nitrogen and oxygen atoms in total. The normalized spacial score (nSPS) is 14.7. The number of sulfonamides is 1. The summed E-state index contributed by atoms with van der Waals surface area (Å²) < 4.78 is 27.3. The standard InChI is InChI=1S/C29H37N3O4S3/c1-3-5-10-18-31(19-11-6-4-2)25-16-14-23(15-17-25)22-26-28(34)32(29(37)38-26)20-21-39(35,36)30-27(33)24-12-8-7-9-13-24/h7-9,12-17,22H,3-6,10-11,18-21H2,1-2H3,(H,30,33). The highest BCUT2D eigenvalue weighted by molar-refractivity contribution is 8.26. The van der Waals surface area contributed by atoms with E-state index < -0.39 is 21.7 Å². The van der Waals surface area contributed by atoms with Crippen molar-refractivity contribution >= 4 is 61.9 Å². The minimum Gasteiger partial charge on any atom is -0.372 e. The number of amides is 2. The number of hydrogen-bond donors (Lipinski definition) is 1. The van der Waals surface area contributed by atoms with E-state index >= 15 is 0 Å². The number of carbonyl (C=O) groups is 2. The molecule has 0 bridgehead atoms. The van der Waals surface area contributed by atoms with E-state index in [9.17, 15) is 18.0 Å². The van der Waals surface area contributed by atoms with Crippen LogP contribution in [0.25, 0.3) is 6.08 Å². The first-order valence-corrected chi connectivity index (χ1v) is 16.3. The maximum Gasteiger partial charge on any atom is 0.266 e. The lowest BCUT2D eigenvalue weighted by atomic mass is 10.1. The average molecular weight is 588 g/mol. The molecule has 1 aliphatic heterocycles. The molecule has 39 heavy (non-hydrogen) atoms. The summed E-state index contributed by atoms with van der Waals surface area (Å²) in [6.07, 6.45) is 8.92. The summed E-state index contributed by atoms with van der Waals surface area (Å²) in [5, 5.41) is 0. The Kier molecular flexibility index (Phi) is 12.0. The van der Waals surface area contributed by atoms with Crippen molar-refractivity contribution in [3.8, 4) is 0 Å². The molecule has 0 atom stereocenters. The Morgan fingerprint density at radius 3 is 2.18 bits per heavy atom. The number of thioether (sulfide) groups is 1. The summed E-state index contributed by atoms with van der Waals surface area (Å²) in [4.78, 5) is 29.4. The molecule has 0 unspecified atom stereocenters. The van der Waals surface area contributed by atoms with Gasteiger partial charge in [0.25, 0.3) is 11.8 Å². The zero-order valence-electron chi connectivity index (χ0n) is 22.6. The molecule has 2 aromatic rings. The third-order valence-electron chi connectivity index (χ3n) is 6.36. The van der Waals surface area contributed by atoms with Crippen molar-refractivity contribution < 1.29 is 18.0 Å². The molecule has 1 fully saturated rings. The van der Waals surface area contributed by atoms with Crippen molar-refractivity contribution in [2.24, 2.45) is 0 Å². The lowest BCUT2D eigenvalue weighted by molar-refractivity contribution is -0.121. The SMILES string of the molecule is CCCCCN(CCCCC)c1ccc(C=C2SC(=S)N(CCS(=O)(=O)NC(=O)c3ccccc3)C2=O)cc1. The van der Waals surface area contributed by atoms with Crippen LogP contribution in [0.3, 0.4) is 0 Å². The van der Waals surface area contributed by atoms with Gasteiger partial charge < -0.3 is 4.90 Å². The zero-order valence-corrected chi connectivity index (χ0v) is 25.0. The molecular weight excluding hydrogens is 551 g/mol. The molecule has 1 N–H and O–H groups in total. The number of nitrogens with zero attached hydrogens (tertiary/aromatic N) is 2. The number of hydrogen-bond acceptors (Lipinski definition) is 7. The molecule has 0 aromatic heterocycles. The topological polar surface area (TPSA) is 86.8 Å². The number of rotatable bonds is 15. The molecule has 2 aromatic carbocycles. The van der Waals surface area contributed by atoms with Gasteiger partial charge in [-0.3, -0.25) is 14.5 Å². The van der Waals surface area contributed by atoms with Crippen LogP contribution in [-0.2, 0) is 14.8 Å². The van der Waals surface area contributed by atoms with Gasteiger partial charge in [0.05, 0.1) is 10.7 Å². The maximum absolute atomic E-state index is 13.0. The number of carbonyl (C=O) groups excluding carboxylic acids is 2. The molecule has 3 rings (SSSR count). The zero-order chi connectivity index (χ0) is 28.3. The van der Waals surface area contributed by atoms with E-state index in [2.05, 4.69) is 35.6 Å². The molecule has 10 heteroatoms. The van der Waals surface area contributed by atoms with Crippen LogP contribution in [0.1, 0.15) is 68.3 Å². The predicted molar refractivity (Wildman–Crippen MR) is 165 cm³/mol. The Morgan fingerprint density at radius 2 is 1.59 bits per heavy atom. The van der Waals surface area contributed by atoms with Crippen LogP contribution in [0, 0.1) is 0 Å². The first kappa shape index (κ1) is 30.8. The number of anilines is 1. The Labute approximate surface area is 242 Å². The van der Waals surface area contributed by atoms with Crippen molar-refractivity contribution in [1.82, 2.24) is 9.62 Å². The Bertz CT molecular complexity index is 1250. The van der Waals surface area contributed by atoms with Crippen molar-refractivity contribution in [3.63, 3.8) is 0 Å². The smallest absolute Gasteiger partial charge is 0.266 e. The van der Waals surface area contributed by atoms with Gasteiger partial charge in [0, 0.05) is 30.9 Å². The fourth-order valence-electron chi connectivity index (χ4n) is 4.15. The first-order valence-electron chi connectivity index (χ1n) is 13.4. The summed E-state index contributed by atoms with van der Waals surface area (Å²) in [5.74, 6) is -1.48. The molecule has 1 aliphatic rings. The fraction of sp³-hybridized carbons (Fsp3) is 0.414. The minimum absolute atomic E-state index is 0.136. The highest BCUT2D eigenvalue weighted by Crippen LogP contribution is 2.32. The largest absolute Gasteiger partial charge is 0.372 e. The van der Waals surface area contributed by atoms with Crippen LogP contribution in [0.2, 0.25) is 0 Å².